The molecule has 0 unspecified atom stereocenters. The van der Waals surface area contributed by atoms with Gasteiger partial charge >= 0.3 is 0 Å². The molecule has 0 bridgehead atoms. The van der Waals surface area contributed by atoms with Crippen molar-refractivity contribution in [2.45, 2.75) is 40.2 Å². The van der Waals surface area contributed by atoms with E-state index in [0.717, 1.165) is 30.8 Å². The summed E-state index contributed by atoms with van der Waals surface area (Å²) in [5.41, 5.74) is 2.83. The van der Waals surface area contributed by atoms with E-state index in [-0.39, 0.29) is 5.91 Å². The summed E-state index contributed by atoms with van der Waals surface area (Å²) in [5.74, 6) is 0.411. The van der Waals surface area contributed by atoms with Crippen LogP contribution < -0.4 is 5.32 Å². The van der Waals surface area contributed by atoms with Crippen molar-refractivity contribution in [3.63, 3.8) is 0 Å². The first-order valence-corrected chi connectivity index (χ1v) is 8.24. The van der Waals surface area contributed by atoms with Gasteiger partial charge in [0.05, 0.1) is 23.1 Å². The van der Waals surface area contributed by atoms with Gasteiger partial charge < -0.3 is 5.32 Å². The topological polar surface area (TPSA) is 77.1 Å². The Labute approximate surface area is 140 Å². The minimum atomic E-state index is -0.202. The molecule has 0 atom stereocenters. The quantitative estimate of drug-likeness (QED) is 0.755. The average Bonchev–Trinajstić information content (AvgIpc) is 3.18. The number of rotatable bonds is 6. The Hall–Kier alpha value is -2.70. The van der Waals surface area contributed by atoms with Gasteiger partial charge in [-0.05, 0) is 30.9 Å². The SMILES string of the molecule is CCc1c(NC(=O)c2cccn3cnnc23)cnn1CCC(C)C. The van der Waals surface area contributed by atoms with E-state index in [1.54, 1.807) is 29.1 Å². The number of aryl methyl sites for hydroxylation is 1. The van der Waals surface area contributed by atoms with Crippen LogP contribution in [0.4, 0.5) is 5.69 Å². The van der Waals surface area contributed by atoms with Crippen LogP contribution in [0.15, 0.2) is 30.9 Å². The number of carbonyl (C=O) groups excluding carboxylic acids is 1. The highest BCUT2D eigenvalue weighted by atomic mass is 16.1. The van der Waals surface area contributed by atoms with Crippen LogP contribution in [-0.4, -0.2) is 30.3 Å². The van der Waals surface area contributed by atoms with Gasteiger partial charge in [-0.3, -0.25) is 13.9 Å². The van der Waals surface area contributed by atoms with Gasteiger partial charge in [0, 0.05) is 12.7 Å². The number of hydrogen-bond acceptors (Lipinski definition) is 4. The van der Waals surface area contributed by atoms with Crippen LogP contribution in [-0.2, 0) is 13.0 Å². The maximum absolute atomic E-state index is 12.6. The molecule has 0 aromatic carbocycles. The van der Waals surface area contributed by atoms with Gasteiger partial charge in [-0.2, -0.15) is 5.10 Å². The van der Waals surface area contributed by atoms with Gasteiger partial charge in [-0.25, -0.2) is 0 Å². The molecule has 0 saturated heterocycles. The number of carbonyl (C=O) groups is 1. The fourth-order valence-corrected chi connectivity index (χ4v) is 2.68. The zero-order valence-corrected chi connectivity index (χ0v) is 14.2. The Morgan fingerprint density at radius 1 is 1.38 bits per heavy atom. The molecule has 24 heavy (non-hydrogen) atoms. The molecule has 1 amide bonds. The molecular weight excluding hydrogens is 304 g/mol. The van der Waals surface area contributed by atoms with Crippen molar-refractivity contribution < 1.29 is 4.79 Å². The Bertz CT molecular complexity index is 848. The molecule has 7 heteroatoms. The molecule has 0 saturated carbocycles. The number of hydrogen-bond donors (Lipinski definition) is 1. The van der Waals surface area contributed by atoms with Gasteiger partial charge in [0.1, 0.15) is 6.33 Å². The van der Waals surface area contributed by atoms with E-state index in [9.17, 15) is 4.79 Å². The largest absolute Gasteiger partial charge is 0.319 e. The third-order valence-corrected chi connectivity index (χ3v) is 4.02. The van der Waals surface area contributed by atoms with Crippen molar-refractivity contribution in [2.24, 2.45) is 5.92 Å². The zero-order chi connectivity index (χ0) is 17.1. The minimum Gasteiger partial charge on any atom is -0.319 e. The third kappa shape index (κ3) is 3.15. The molecular formula is C17H22N6O. The Morgan fingerprint density at radius 3 is 2.96 bits per heavy atom. The molecule has 3 rings (SSSR count). The van der Waals surface area contributed by atoms with Crippen LogP contribution in [0.5, 0.6) is 0 Å². The lowest BCUT2D eigenvalue weighted by molar-refractivity contribution is 0.102. The summed E-state index contributed by atoms with van der Waals surface area (Å²) in [6, 6.07) is 3.55. The number of pyridine rings is 1. The monoisotopic (exact) mass is 326 g/mol. The lowest BCUT2D eigenvalue weighted by atomic mass is 10.1. The second-order valence-electron chi connectivity index (χ2n) is 6.20. The molecule has 126 valence electrons. The fourth-order valence-electron chi connectivity index (χ4n) is 2.68. The lowest BCUT2D eigenvalue weighted by Gasteiger charge is -2.10. The second-order valence-corrected chi connectivity index (χ2v) is 6.20. The number of amides is 1. The minimum absolute atomic E-state index is 0.202. The summed E-state index contributed by atoms with van der Waals surface area (Å²) in [6.07, 6.45) is 6.98. The van der Waals surface area contributed by atoms with Gasteiger partial charge in [0.15, 0.2) is 5.65 Å². The summed E-state index contributed by atoms with van der Waals surface area (Å²) < 4.78 is 3.70. The van der Waals surface area contributed by atoms with E-state index in [0.29, 0.717) is 17.1 Å². The Balaban J connectivity index is 1.83. The van der Waals surface area contributed by atoms with Crippen molar-refractivity contribution in [3.05, 3.63) is 42.1 Å². The van der Waals surface area contributed by atoms with Crippen LogP contribution in [0.25, 0.3) is 5.65 Å². The number of aromatic nitrogens is 5. The number of anilines is 1. The molecule has 0 fully saturated rings. The predicted molar refractivity (Wildman–Crippen MR) is 92.0 cm³/mol. The summed E-state index contributed by atoms with van der Waals surface area (Å²) in [5, 5.41) is 15.2. The van der Waals surface area contributed by atoms with Crippen LogP contribution >= 0.6 is 0 Å². The molecule has 1 N–H and O–H groups in total. The molecule has 0 aliphatic carbocycles. The maximum atomic E-state index is 12.6. The molecule has 3 aromatic heterocycles. The molecule has 7 nitrogen and oxygen atoms in total. The molecule has 0 aliphatic heterocycles. The first kappa shape index (κ1) is 16.2. The molecule has 3 heterocycles. The summed E-state index contributed by atoms with van der Waals surface area (Å²) in [6.45, 7) is 7.31. The number of nitrogens with one attached hydrogen (secondary N) is 1. The molecule has 0 radical (unpaired) electrons. The van der Waals surface area contributed by atoms with Gasteiger partial charge in [-0.15, -0.1) is 10.2 Å². The second kappa shape index (κ2) is 6.82. The molecule has 3 aromatic rings. The number of fused-ring (bicyclic) bond motifs is 1. The highest BCUT2D eigenvalue weighted by Crippen LogP contribution is 2.19. The van der Waals surface area contributed by atoms with E-state index in [1.807, 2.05) is 10.9 Å². The Kier molecular flexibility index (Phi) is 4.59. The molecule has 0 aliphatic rings. The first-order chi connectivity index (χ1) is 11.6. The van der Waals surface area contributed by atoms with Gasteiger partial charge in [-0.1, -0.05) is 20.8 Å². The zero-order valence-electron chi connectivity index (χ0n) is 14.2. The highest BCUT2D eigenvalue weighted by molar-refractivity contribution is 6.08. The summed E-state index contributed by atoms with van der Waals surface area (Å²) in [4.78, 5) is 12.6. The highest BCUT2D eigenvalue weighted by Gasteiger charge is 2.16. The van der Waals surface area contributed by atoms with E-state index < -0.39 is 0 Å². The predicted octanol–water partition coefficient (Wildman–Crippen LogP) is 2.79. The van der Waals surface area contributed by atoms with Crippen LogP contribution in [0.3, 0.4) is 0 Å². The normalized spacial score (nSPS) is 11.3. The van der Waals surface area contributed by atoms with Crippen molar-refractivity contribution in [3.8, 4) is 0 Å². The lowest BCUT2D eigenvalue weighted by Crippen LogP contribution is -2.15. The summed E-state index contributed by atoms with van der Waals surface area (Å²) >= 11 is 0. The van der Waals surface area contributed by atoms with Crippen LogP contribution in [0, 0.1) is 5.92 Å². The first-order valence-electron chi connectivity index (χ1n) is 8.24. The van der Waals surface area contributed by atoms with Crippen molar-refractivity contribution >= 4 is 17.2 Å². The van der Waals surface area contributed by atoms with Gasteiger partial charge in [0.25, 0.3) is 5.91 Å². The van der Waals surface area contributed by atoms with Crippen LogP contribution in [0.1, 0.15) is 43.2 Å². The average molecular weight is 326 g/mol. The standard InChI is InChI=1S/C17H22N6O/c1-4-15-14(10-19-23(15)9-7-12(2)3)20-17(24)13-6-5-8-22-11-18-21-16(13)22/h5-6,8,10-12H,4,7,9H2,1-3H3,(H,20,24). The van der Waals surface area contributed by atoms with Crippen molar-refractivity contribution in [1.29, 1.82) is 0 Å². The van der Waals surface area contributed by atoms with E-state index in [4.69, 9.17) is 0 Å². The van der Waals surface area contributed by atoms with Crippen molar-refractivity contribution in [1.82, 2.24) is 24.4 Å². The van der Waals surface area contributed by atoms with E-state index in [2.05, 4.69) is 41.4 Å². The maximum Gasteiger partial charge on any atom is 0.259 e. The van der Waals surface area contributed by atoms with Crippen molar-refractivity contribution in [2.75, 3.05) is 5.32 Å². The molecule has 0 spiro atoms. The van der Waals surface area contributed by atoms with Gasteiger partial charge in [0.2, 0.25) is 0 Å². The van der Waals surface area contributed by atoms with E-state index >= 15 is 0 Å². The summed E-state index contributed by atoms with van der Waals surface area (Å²) in [7, 11) is 0. The Morgan fingerprint density at radius 2 is 2.21 bits per heavy atom. The fraction of sp³-hybridized carbons (Fsp3) is 0.412. The van der Waals surface area contributed by atoms with Crippen LogP contribution in [0.2, 0.25) is 0 Å². The van der Waals surface area contributed by atoms with E-state index in [1.165, 1.54) is 0 Å². The third-order valence-electron chi connectivity index (χ3n) is 4.02. The smallest absolute Gasteiger partial charge is 0.259 e. The number of nitrogens with zero attached hydrogens (tertiary/aromatic N) is 5.